The largest absolute Gasteiger partial charge is 0.308 e. The molecule has 0 aliphatic carbocycles. The van der Waals surface area contributed by atoms with Crippen LogP contribution in [-0.4, -0.2) is 23.5 Å². The van der Waals surface area contributed by atoms with Crippen LogP contribution in [0.25, 0.3) is 0 Å². The Morgan fingerprint density at radius 2 is 2.43 bits per heavy atom. The zero-order chi connectivity index (χ0) is 9.54. The first-order valence-corrected chi connectivity index (χ1v) is 6.05. The van der Waals surface area contributed by atoms with Gasteiger partial charge in [-0.1, -0.05) is 0 Å². The van der Waals surface area contributed by atoms with Crippen LogP contribution in [-0.2, 0) is 13.1 Å². The fraction of sp³-hybridized carbons (Fsp3) is 0.700. The molecule has 3 nitrogen and oxygen atoms in total. The van der Waals surface area contributed by atoms with E-state index in [-0.39, 0.29) is 0 Å². The van der Waals surface area contributed by atoms with Gasteiger partial charge in [0.15, 0.2) is 0 Å². The molecule has 1 unspecified atom stereocenters. The molecular formula is C10H15N3S. The predicted molar refractivity (Wildman–Crippen MR) is 57.3 cm³/mol. The Hall–Kier alpha value is -0.450. The third kappa shape index (κ3) is 1.38. The number of hydrogen-bond acceptors (Lipinski definition) is 4. The lowest BCUT2D eigenvalue weighted by Gasteiger charge is -2.07. The second-order valence-corrected chi connectivity index (χ2v) is 5.36. The molecule has 1 aromatic rings. The van der Waals surface area contributed by atoms with E-state index in [2.05, 4.69) is 17.3 Å². The molecule has 1 fully saturated rings. The molecule has 0 aromatic carbocycles. The zero-order valence-electron chi connectivity index (χ0n) is 8.42. The summed E-state index contributed by atoms with van der Waals surface area (Å²) >= 11 is 1.91. The molecule has 1 atom stereocenters. The van der Waals surface area contributed by atoms with Gasteiger partial charge in [0.05, 0.1) is 11.7 Å². The quantitative estimate of drug-likeness (QED) is 0.760. The monoisotopic (exact) mass is 209 g/mol. The number of aromatic nitrogens is 1. The fourth-order valence-electron chi connectivity index (χ4n) is 2.25. The summed E-state index contributed by atoms with van der Waals surface area (Å²) in [6.07, 6.45) is 2.57. The highest BCUT2D eigenvalue weighted by Gasteiger charge is 2.25. The van der Waals surface area contributed by atoms with E-state index in [4.69, 9.17) is 4.98 Å². The lowest BCUT2D eigenvalue weighted by Crippen LogP contribution is -2.13. The van der Waals surface area contributed by atoms with E-state index in [1.165, 1.54) is 28.4 Å². The summed E-state index contributed by atoms with van der Waals surface area (Å²) in [5.74, 6) is 0. The van der Waals surface area contributed by atoms with Crippen molar-refractivity contribution < 1.29 is 0 Å². The number of rotatable bonds is 1. The molecule has 0 saturated carbocycles. The van der Waals surface area contributed by atoms with E-state index < -0.39 is 0 Å². The molecule has 1 aromatic heterocycles. The maximum absolute atomic E-state index is 4.74. The van der Waals surface area contributed by atoms with Gasteiger partial charge < -0.3 is 5.32 Å². The molecule has 0 amide bonds. The Morgan fingerprint density at radius 3 is 3.14 bits per heavy atom. The summed E-state index contributed by atoms with van der Waals surface area (Å²) < 4.78 is 0. The number of nitrogens with one attached hydrogen (secondary N) is 1. The van der Waals surface area contributed by atoms with E-state index in [0.717, 1.165) is 19.6 Å². The van der Waals surface area contributed by atoms with Gasteiger partial charge in [-0.3, -0.25) is 4.90 Å². The van der Waals surface area contributed by atoms with E-state index >= 15 is 0 Å². The van der Waals surface area contributed by atoms with Crippen LogP contribution in [0.5, 0.6) is 0 Å². The van der Waals surface area contributed by atoms with E-state index in [1.54, 1.807) is 0 Å². The van der Waals surface area contributed by atoms with Gasteiger partial charge >= 0.3 is 0 Å². The molecule has 76 valence electrons. The predicted octanol–water partition coefficient (Wildman–Crippen LogP) is 1.51. The highest BCUT2D eigenvalue weighted by molar-refractivity contribution is 7.11. The van der Waals surface area contributed by atoms with Crippen molar-refractivity contribution in [1.82, 2.24) is 15.2 Å². The smallest absolute Gasteiger partial charge is 0.110 e. The van der Waals surface area contributed by atoms with E-state index in [9.17, 15) is 0 Å². The SMILES string of the molecule is CN1Cc2nc(C3CCCN3)sc2C1. The summed E-state index contributed by atoms with van der Waals surface area (Å²) in [6, 6.07) is 0.552. The highest BCUT2D eigenvalue weighted by Crippen LogP contribution is 2.33. The van der Waals surface area contributed by atoms with Gasteiger partial charge in [0, 0.05) is 18.0 Å². The first-order valence-electron chi connectivity index (χ1n) is 5.23. The average molecular weight is 209 g/mol. The van der Waals surface area contributed by atoms with Gasteiger partial charge in [-0.25, -0.2) is 4.98 Å². The van der Waals surface area contributed by atoms with Crippen LogP contribution in [0.4, 0.5) is 0 Å². The molecule has 1 saturated heterocycles. The van der Waals surface area contributed by atoms with Gasteiger partial charge in [0.25, 0.3) is 0 Å². The molecule has 0 radical (unpaired) electrons. The molecule has 4 heteroatoms. The summed E-state index contributed by atoms with van der Waals surface area (Å²) in [7, 11) is 2.15. The lowest BCUT2D eigenvalue weighted by atomic mass is 10.2. The highest BCUT2D eigenvalue weighted by atomic mass is 32.1. The standard InChI is InChI=1S/C10H15N3S/c1-13-5-8-9(6-13)14-10(12-8)7-3-2-4-11-7/h7,11H,2-6H2,1H3. The molecule has 1 N–H and O–H groups in total. The maximum atomic E-state index is 4.74. The van der Waals surface area contributed by atoms with E-state index in [1.807, 2.05) is 11.3 Å². The van der Waals surface area contributed by atoms with Crippen molar-refractivity contribution in [1.29, 1.82) is 0 Å². The minimum atomic E-state index is 0.552. The molecule has 2 aliphatic heterocycles. The third-order valence-corrected chi connectivity index (χ3v) is 4.18. The Morgan fingerprint density at radius 1 is 1.50 bits per heavy atom. The minimum absolute atomic E-state index is 0.552. The first-order chi connectivity index (χ1) is 6.83. The van der Waals surface area contributed by atoms with E-state index in [0.29, 0.717) is 6.04 Å². The topological polar surface area (TPSA) is 28.2 Å². The van der Waals surface area contributed by atoms with Crippen LogP contribution < -0.4 is 5.32 Å². The number of fused-ring (bicyclic) bond motifs is 1. The third-order valence-electron chi connectivity index (χ3n) is 2.99. The van der Waals surface area contributed by atoms with Crippen molar-refractivity contribution in [2.45, 2.75) is 32.0 Å². The van der Waals surface area contributed by atoms with Crippen LogP contribution in [0, 0.1) is 0 Å². The van der Waals surface area contributed by atoms with Crippen LogP contribution >= 0.6 is 11.3 Å². The van der Waals surface area contributed by atoms with Crippen molar-refractivity contribution in [3.63, 3.8) is 0 Å². The van der Waals surface area contributed by atoms with Crippen molar-refractivity contribution in [3.05, 3.63) is 15.6 Å². The maximum Gasteiger partial charge on any atom is 0.110 e. The van der Waals surface area contributed by atoms with Crippen LogP contribution in [0.1, 0.15) is 34.5 Å². The molecule has 0 bridgehead atoms. The zero-order valence-corrected chi connectivity index (χ0v) is 9.23. The molecular weight excluding hydrogens is 194 g/mol. The summed E-state index contributed by atoms with van der Waals surface area (Å²) in [4.78, 5) is 8.54. The lowest BCUT2D eigenvalue weighted by molar-refractivity contribution is 0.351. The second-order valence-electron chi connectivity index (χ2n) is 4.24. The number of hydrogen-bond donors (Lipinski definition) is 1. The minimum Gasteiger partial charge on any atom is -0.308 e. The van der Waals surface area contributed by atoms with Gasteiger partial charge in [-0.2, -0.15) is 0 Å². The Balaban J connectivity index is 1.85. The van der Waals surface area contributed by atoms with Gasteiger partial charge in [-0.15, -0.1) is 11.3 Å². The van der Waals surface area contributed by atoms with Crippen molar-refractivity contribution in [2.75, 3.05) is 13.6 Å². The van der Waals surface area contributed by atoms with Crippen LogP contribution in [0.2, 0.25) is 0 Å². The molecule has 3 heterocycles. The fourth-order valence-corrected chi connectivity index (χ4v) is 3.52. The summed E-state index contributed by atoms with van der Waals surface area (Å²) in [5, 5.41) is 4.83. The Labute approximate surface area is 88.1 Å². The molecule has 0 spiro atoms. The van der Waals surface area contributed by atoms with Crippen molar-refractivity contribution in [2.24, 2.45) is 0 Å². The first kappa shape index (κ1) is 8.83. The number of nitrogens with zero attached hydrogens (tertiary/aromatic N) is 2. The normalized spacial score (nSPS) is 27.1. The summed E-state index contributed by atoms with van der Waals surface area (Å²) in [6.45, 7) is 3.30. The molecule has 3 rings (SSSR count). The Bertz CT molecular complexity index is 318. The second kappa shape index (κ2) is 3.29. The van der Waals surface area contributed by atoms with Gasteiger partial charge in [-0.05, 0) is 26.4 Å². The Kier molecular flexibility index (Phi) is 2.08. The van der Waals surface area contributed by atoms with Crippen molar-refractivity contribution >= 4 is 11.3 Å². The molecule has 2 aliphatic rings. The average Bonchev–Trinajstić information content (AvgIpc) is 2.74. The summed E-state index contributed by atoms with van der Waals surface area (Å²) in [5.41, 5.74) is 1.32. The number of thiazole rings is 1. The van der Waals surface area contributed by atoms with Crippen molar-refractivity contribution in [3.8, 4) is 0 Å². The van der Waals surface area contributed by atoms with Crippen LogP contribution in [0.3, 0.4) is 0 Å². The van der Waals surface area contributed by atoms with Gasteiger partial charge in [0.1, 0.15) is 5.01 Å². The van der Waals surface area contributed by atoms with Crippen LogP contribution in [0.15, 0.2) is 0 Å². The van der Waals surface area contributed by atoms with Gasteiger partial charge in [0.2, 0.25) is 0 Å². The molecule has 14 heavy (non-hydrogen) atoms.